The highest BCUT2D eigenvalue weighted by Gasteiger charge is 2.24. The quantitative estimate of drug-likeness (QED) is 0.679. The van der Waals surface area contributed by atoms with E-state index in [-0.39, 0.29) is 11.2 Å². The Morgan fingerprint density at radius 1 is 0.708 bits per heavy atom. The van der Waals surface area contributed by atoms with Gasteiger partial charge in [0.1, 0.15) is 11.5 Å². The van der Waals surface area contributed by atoms with E-state index < -0.39 is 0 Å². The molecule has 0 saturated carbocycles. The Bertz CT molecular complexity index is 864. The molecule has 0 spiro atoms. The second-order valence-electron chi connectivity index (χ2n) is 6.72. The van der Waals surface area contributed by atoms with E-state index >= 15 is 0 Å². The van der Waals surface area contributed by atoms with Gasteiger partial charge in [-0.3, -0.25) is 0 Å². The minimum atomic E-state index is -0.240. The first-order chi connectivity index (χ1) is 11.4. The molecule has 0 saturated heterocycles. The van der Waals surface area contributed by atoms with Crippen molar-refractivity contribution in [3.63, 3.8) is 0 Å². The Kier molecular flexibility index (Phi) is 4.06. The number of rotatable bonds is 3. The molecule has 2 N–H and O–H groups in total. The summed E-state index contributed by atoms with van der Waals surface area (Å²) in [7, 11) is 0. The summed E-state index contributed by atoms with van der Waals surface area (Å²) >= 11 is 0. The molecule has 0 aliphatic carbocycles. The molecular formula is C22H22O2. The van der Waals surface area contributed by atoms with Gasteiger partial charge in [-0.15, -0.1) is 0 Å². The van der Waals surface area contributed by atoms with E-state index in [0.717, 1.165) is 27.8 Å². The van der Waals surface area contributed by atoms with Crippen molar-refractivity contribution in [3.05, 3.63) is 83.4 Å². The van der Waals surface area contributed by atoms with Crippen LogP contribution >= 0.6 is 0 Å². The molecule has 0 aromatic heterocycles. The molecule has 3 aromatic rings. The summed E-state index contributed by atoms with van der Waals surface area (Å²) in [5.41, 5.74) is 4.69. The highest BCUT2D eigenvalue weighted by Crippen LogP contribution is 2.38. The average molecular weight is 318 g/mol. The van der Waals surface area contributed by atoms with E-state index in [0.29, 0.717) is 5.75 Å². The molecule has 24 heavy (non-hydrogen) atoms. The number of phenols is 2. The molecule has 0 atom stereocenters. The second kappa shape index (κ2) is 6.04. The topological polar surface area (TPSA) is 40.5 Å². The Morgan fingerprint density at radius 3 is 1.92 bits per heavy atom. The third-order valence-corrected chi connectivity index (χ3v) is 4.72. The van der Waals surface area contributed by atoms with Crippen LogP contribution in [0.1, 0.15) is 30.5 Å². The van der Waals surface area contributed by atoms with Gasteiger partial charge in [0.15, 0.2) is 0 Å². The van der Waals surface area contributed by atoms with Gasteiger partial charge in [-0.2, -0.15) is 0 Å². The smallest absolute Gasteiger partial charge is 0.123 e. The molecule has 0 aliphatic rings. The van der Waals surface area contributed by atoms with Crippen LogP contribution in [0.25, 0.3) is 11.1 Å². The molecule has 2 nitrogen and oxygen atoms in total. The Hall–Kier alpha value is -2.74. The van der Waals surface area contributed by atoms with Gasteiger partial charge < -0.3 is 10.2 Å². The van der Waals surface area contributed by atoms with Gasteiger partial charge in [0.2, 0.25) is 0 Å². The summed E-state index contributed by atoms with van der Waals surface area (Å²) in [5.74, 6) is 0.591. The molecule has 0 fully saturated rings. The minimum Gasteiger partial charge on any atom is -0.508 e. The zero-order valence-corrected chi connectivity index (χ0v) is 14.2. The van der Waals surface area contributed by atoms with Crippen LogP contribution in [-0.2, 0) is 5.41 Å². The SMILES string of the molecule is Cc1cc(C(C)(C)c2ccc(O)c(-c3ccccc3)c2)ccc1O. The fourth-order valence-corrected chi connectivity index (χ4v) is 2.98. The molecular weight excluding hydrogens is 296 g/mol. The third-order valence-electron chi connectivity index (χ3n) is 4.72. The molecule has 0 bridgehead atoms. The average Bonchev–Trinajstić information content (AvgIpc) is 2.58. The van der Waals surface area contributed by atoms with Crippen molar-refractivity contribution in [2.75, 3.05) is 0 Å². The van der Waals surface area contributed by atoms with Crippen molar-refractivity contribution in [1.29, 1.82) is 0 Å². The van der Waals surface area contributed by atoms with Crippen LogP contribution in [0.15, 0.2) is 66.7 Å². The highest BCUT2D eigenvalue weighted by molar-refractivity contribution is 5.71. The largest absolute Gasteiger partial charge is 0.508 e. The molecule has 2 heteroatoms. The molecule has 0 aliphatic heterocycles. The van der Waals surface area contributed by atoms with Crippen LogP contribution < -0.4 is 0 Å². The number of aromatic hydroxyl groups is 2. The first-order valence-corrected chi connectivity index (χ1v) is 8.08. The van der Waals surface area contributed by atoms with Crippen molar-refractivity contribution < 1.29 is 10.2 Å². The van der Waals surface area contributed by atoms with Crippen LogP contribution in [0.3, 0.4) is 0 Å². The standard InChI is InChI=1S/C22H22O2/c1-15-13-17(9-11-20(15)23)22(2,3)18-10-12-21(24)19(14-18)16-7-5-4-6-8-16/h4-14,23-24H,1-3H3. The van der Waals surface area contributed by atoms with Crippen LogP contribution in [-0.4, -0.2) is 10.2 Å². The third kappa shape index (κ3) is 2.88. The van der Waals surface area contributed by atoms with Gasteiger partial charge >= 0.3 is 0 Å². The van der Waals surface area contributed by atoms with E-state index in [9.17, 15) is 10.2 Å². The van der Waals surface area contributed by atoms with Gasteiger partial charge in [0.25, 0.3) is 0 Å². The Morgan fingerprint density at radius 2 is 1.29 bits per heavy atom. The molecule has 0 heterocycles. The normalized spacial score (nSPS) is 11.5. The number of hydrogen-bond donors (Lipinski definition) is 2. The van der Waals surface area contributed by atoms with Crippen molar-refractivity contribution in [3.8, 4) is 22.6 Å². The van der Waals surface area contributed by atoms with Crippen molar-refractivity contribution >= 4 is 0 Å². The summed E-state index contributed by atoms with van der Waals surface area (Å²) < 4.78 is 0. The Labute approximate surface area is 143 Å². The van der Waals surface area contributed by atoms with Gasteiger partial charge in [-0.25, -0.2) is 0 Å². The zero-order chi connectivity index (χ0) is 17.3. The van der Waals surface area contributed by atoms with Crippen LogP contribution in [0.5, 0.6) is 11.5 Å². The van der Waals surface area contributed by atoms with Crippen LogP contribution in [0.2, 0.25) is 0 Å². The lowest BCUT2D eigenvalue weighted by Gasteiger charge is -2.27. The van der Waals surface area contributed by atoms with Crippen LogP contribution in [0, 0.1) is 6.92 Å². The maximum absolute atomic E-state index is 10.3. The van der Waals surface area contributed by atoms with Crippen LogP contribution in [0.4, 0.5) is 0 Å². The van der Waals surface area contributed by atoms with Gasteiger partial charge in [-0.05, 0) is 47.4 Å². The first-order valence-electron chi connectivity index (χ1n) is 8.08. The first kappa shape index (κ1) is 16.1. The molecule has 3 rings (SSSR count). The molecule has 0 radical (unpaired) electrons. The minimum absolute atomic E-state index is 0.240. The lowest BCUT2D eigenvalue weighted by Crippen LogP contribution is -2.19. The highest BCUT2D eigenvalue weighted by atomic mass is 16.3. The van der Waals surface area contributed by atoms with E-state index in [4.69, 9.17) is 0 Å². The van der Waals surface area contributed by atoms with Crippen molar-refractivity contribution in [1.82, 2.24) is 0 Å². The molecule has 3 aromatic carbocycles. The summed E-state index contributed by atoms with van der Waals surface area (Å²) in [6.07, 6.45) is 0. The van der Waals surface area contributed by atoms with Gasteiger partial charge in [0.05, 0.1) is 0 Å². The van der Waals surface area contributed by atoms with Crippen molar-refractivity contribution in [2.24, 2.45) is 0 Å². The van der Waals surface area contributed by atoms with Gasteiger partial charge in [0, 0.05) is 11.0 Å². The maximum atomic E-state index is 10.3. The summed E-state index contributed by atoms with van der Waals surface area (Å²) in [5, 5.41) is 20.0. The summed E-state index contributed by atoms with van der Waals surface area (Å²) in [6.45, 7) is 6.21. The molecule has 0 amide bonds. The van der Waals surface area contributed by atoms with E-state index in [1.807, 2.05) is 61.5 Å². The van der Waals surface area contributed by atoms with Gasteiger partial charge in [-0.1, -0.05) is 62.4 Å². The van der Waals surface area contributed by atoms with E-state index in [2.05, 4.69) is 13.8 Å². The number of benzene rings is 3. The number of hydrogen-bond acceptors (Lipinski definition) is 2. The lowest BCUT2D eigenvalue weighted by molar-refractivity contribution is 0.470. The summed E-state index contributed by atoms with van der Waals surface area (Å²) in [4.78, 5) is 0. The van der Waals surface area contributed by atoms with Crippen molar-refractivity contribution in [2.45, 2.75) is 26.2 Å². The van der Waals surface area contributed by atoms with E-state index in [1.54, 1.807) is 12.1 Å². The predicted molar refractivity (Wildman–Crippen MR) is 98.5 cm³/mol. The predicted octanol–water partition coefficient (Wildman–Crippen LogP) is 5.40. The zero-order valence-electron chi connectivity index (χ0n) is 14.2. The molecule has 0 unspecified atom stereocenters. The summed E-state index contributed by atoms with van der Waals surface area (Å²) in [6, 6.07) is 21.4. The Balaban J connectivity index is 2.10. The molecule has 122 valence electrons. The monoisotopic (exact) mass is 318 g/mol. The second-order valence-corrected chi connectivity index (χ2v) is 6.72. The lowest BCUT2D eigenvalue weighted by atomic mass is 9.77. The van der Waals surface area contributed by atoms with E-state index in [1.165, 1.54) is 0 Å². The fraction of sp³-hybridized carbons (Fsp3) is 0.182. The maximum Gasteiger partial charge on any atom is 0.123 e. The number of aryl methyl sites for hydroxylation is 1. The fourth-order valence-electron chi connectivity index (χ4n) is 2.98. The number of phenolic OH excluding ortho intramolecular Hbond substituents is 2.